The lowest BCUT2D eigenvalue weighted by molar-refractivity contribution is -0.119. The summed E-state index contributed by atoms with van der Waals surface area (Å²) in [6, 6.07) is 3.65. The van der Waals surface area contributed by atoms with Crippen molar-refractivity contribution in [1.29, 1.82) is 0 Å². The number of nitrogens with zero attached hydrogens (tertiary/aromatic N) is 3. The number of hydrogen-bond donors (Lipinski definition) is 2. The highest BCUT2D eigenvalue weighted by Crippen LogP contribution is 2.38. The summed E-state index contributed by atoms with van der Waals surface area (Å²) in [6.07, 6.45) is 2.11. The number of nitrogens with one attached hydrogen (secondary N) is 2. The van der Waals surface area contributed by atoms with E-state index in [1.165, 1.54) is 12.1 Å². The Morgan fingerprint density at radius 2 is 2.13 bits per heavy atom. The topological polar surface area (TPSA) is 110 Å². The Hall–Kier alpha value is -2.77. The van der Waals surface area contributed by atoms with Crippen molar-refractivity contribution in [3.8, 4) is 0 Å². The van der Waals surface area contributed by atoms with Crippen molar-refractivity contribution in [1.82, 2.24) is 19.7 Å². The highest BCUT2D eigenvalue weighted by molar-refractivity contribution is 5.91. The quantitative estimate of drug-likeness (QED) is 0.863. The lowest BCUT2D eigenvalue weighted by atomic mass is 10.2. The van der Waals surface area contributed by atoms with Crippen LogP contribution in [0, 0.1) is 6.92 Å². The lowest BCUT2D eigenvalue weighted by Gasteiger charge is -2.14. The Kier molecular flexibility index (Phi) is 3.81. The zero-order valence-corrected chi connectivity index (χ0v) is 12.9. The van der Waals surface area contributed by atoms with E-state index in [1.54, 1.807) is 19.9 Å². The minimum Gasteiger partial charge on any atom is -0.294 e. The average Bonchev–Trinajstić information content (AvgIpc) is 3.30. The average molecular weight is 315 g/mol. The Balaban J connectivity index is 1.83. The number of H-pyrrole nitrogens is 1. The molecule has 8 nitrogen and oxygen atoms in total. The molecular formula is C15H17N5O3. The van der Waals surface area contributed by atoms with Crippen LogP contribution in [0.1, 0.15) is 43.1 Å². The van der Waals surface area contributed by atoms with Gasteiger partial charge in [0.2, 0.25) is 5.95 Å². The van der Waals surface area contributed by atoms with Crippen LogP contribution in [0.15, 0.2) is 27.8 Å². The highest BCUT2D eigenvalue weighted by Gasteiger charge is 2.27. The van der Waals surface area contributed by atoms with Gasteiger partial charge in [-0.15, -0.1) is 0 Å². The van der Waals surface area contributed by atoms with Gasteiger partial charge in [-0.25, -0.2) is 9.67 Å². The van der Waals surface area contributed by atoms with Gasteiger partial charge in [-0.05, 0) is 32.8 Å². The first kappa shape index (κ1) is 15.1. The molecule has 0 unspecified atom stereocenters. The third-order valence-corrected chi connectivity index (χ3v) is 3.70. The second kappa shape index (κ2) is 5.79. The van der Waals surface area contributed by atoms with Crippen molar-refractivity contribution in [3.05, 3.63) is 50.3 Å². The summed E-state index contributed by atoms with van der Waals surface area (Å²) in [7, 11) is 0. The molecule has 1 aliphatic rings. The van der Waals surface area contributed by atoms with Crippen LogP contribution in [-0.4, -0.2) is 25.7 Å². The third kappa shape index (κ3) is 3.36. The van der Waals surface area contributed by atoms with Crippen LogP contribution in [0.4, 0.5) is 5.95 Å². The van der Waals surface area contributed by atoms with E-state index in [2.05, 4.69) is 20.4 Å². The molecule has 2 aromatic rings. The van der Waals surface area contributed by atoms with Crippen molar-refractivity contribution in [3.63, 3.8) is 0 Å². The molecule has 0 bridgehead atoms. The van der Waals surface area contributed by atoms with Gasteiger partial charge in [0.05, 0.1) is 5.69 Å². The molecule has 1 fully saturated rings. The van der Waals surface area contributed by atoms with Gasteiger partial charge in [0.1, 0.15) is 6.04 Å². The Morgan fingerprint density at radius 3 is 2.78 bits per heavy atom. The summed E-state index contributed by atoms with van der Waals surface area (Å²) in [5.74, 6) is -0.0357. The van der Waals surface area contributed by atoms with Crippen LogP contribution >= 0.6 is 0 Å². The molecule has 0 saturated heterocycles. The van der Waals surface area contributed by atoms with Gasteiger partial charge < -0.3 is 0 Å². The van der Waals surface area contributed by atoms with Gasteiger partial charge >= 0.3 is 0 Å². The number of aryl methyl sites for hydroxylation is 1. The van der Waals surface area contributed by atoms with Crippen molar-refractivity contribution in [2.45, 2.75) is 38.6 Å². The number of rotatable bonds is 4. The van der Waals surface area contributed by atoms with Gasteiger partial charge in [0.15, 0.2) is 0 Å². The zero-order chi connectivity index (χ0) is 16.6. The van der Waals surface area contributed by atoms with Gasteiger partial charge in [-0.1, -0.05) is 0 Å². The molecule has 2 heterocycles. The molecule has 0 aliphatic heterocycles. The van der Waals surface area contributed by atoms with E-state index < -0.39 is 11.9 Å². The normalized spacial score (nSPS) is 15.2. The molecule has 1 aliphatic carbocycles. The van der Waals surface area contributed by atoms with E-state index in [4.69, 9.17) is 0 Å². The van der Waals surface area contributed by atoms with E-state index >= 15 is 0 Å². The molecule has 2 aromatic heterocycles. The molecule has 1 atom stereocenters. The molecule has 0 spiro atoms. The molecule has 120 valence electrons. The second-order valence-electron chi connectivity index (χ2n) is 5.72. The largest absolute Gasteiger partial charge is 0.294 e. The zero-order valence-electron chi connectivity index (χ0n) is 12.9. The standard InChI is InChI=1S/C15H17N5O3/c1-8-7-12(21)17-15(16-8)18-14(23)9(2)20-13(22)6-5-11(19-20)10-3-4-10/h5-7,9-10H,3-4H2,1-2H3,(H2,16,17,18,21,23)/t9-/m1/s1. The summed E-state index contributed by atoms with van der Waals surface area (Å²) in [5, 5.41) is 6.79. The fourth-order valence-electron chi connectivity index (χ4n) is 2.28. The maximum Gasteiger partial charge on any atom is 0.267 e. The van der Waals surface area contributed by atoms with Crippen molar-refractivity contribution in [2.75, 3.05) is 5.32 Å². The van der Waals surface area contributed by atoms with Crippen LogP contribution in [0.25, 0.3) is 0 Å². The minimum atomic E-state index is -0.813. The van der Waals surface area contributed by atoms with Crippen LogP contribution in [0.3, 0.4) is 0 Å². The summed E-state index contributed by atoms with van der Waals surface area (Å²) in [5.41, 5.74) is 0.614. The smallest absolute Gasteiger partial charge is 0.267 e. The van der Waals surface area contributed by atoms with E-state index in [0.717, 1.165) is 23.2 Å². The molecule has 2 N–H and O–H groups in total. The molecule has 8 heteroatoms. The number of carbonyl (C=O) groups is 1. The van der Waals surface area contributed by atoms with Crippen LogP contribution in [-0.2, 0) is 4.79 Å². The number of aromatic amines is 1. The Bertz CT molecular complexity index is 866. The molecule has 0 aromatic carbocycles. The van der Waals surface area contributed by atoms with Crippen molar-refractivity contribution >= 4 is 11.9 Å². The second-order valence-corrected chi connectivity index (χ2v) is 5.72. The van der Waals surface area contributed by atoms with Gasteiger partial charge in [0, 0.05) is 23.7 Å². The lowest BCUT2D eigenvalue weighted by Crippen LogP contribution is -2.34. The number of hydrogen-bond acceptors (Lipinski definition) is 5. The van der Waals surface area contributed by atoms with Crippen molar-refractivity contribution in [2.24, 2.45) is 0 Å². The predicted octanol–water partition coefficient (Wildman–Crippen LogP) is 0.712. The first-order chi connectivity index (χ1) is 10.9. The minimum absolute atomic E-state index is 0.0539. The molecular weight excluding hydrogens is 298 g/mol. The van der Waals surface area contributed by atoms with Crippen LogP contribution < -0.4 is 16.4 Å². The Labute approximate surface area is 131 Å². The third-order valence-electron chi connectivity index (χ3n) is 3.70. The van der Waals surface area contributed by atoms with Crippen LogP contribution in [0.5, 0.6) is 0 Å². The van der Waals surface area contributed by atoms with Gasteiger partial charge in [-0.2, -0.15) is 5.10 Å². The number of anilines is 1. The van der Waals surface area contributed by atoms with E-state index in [0.29, 0.717) is 11.6 Å². The Morgan fingerprint density at radius 1 is 1.39 bits per heavy atom. The molecule has 3 rings (SSSR count). The summed E-state index contributed by atoms with van der Waals surface area (Å²) >= 11 is 0. The highest BCUT2D eigenvalue weighted by atomic mass is 16.2. The fourth-order valence-corrected chi connectivity index (χ4v) is 2.28. The summed E-state index contributed by atoms with van der Waals surface area (Å²) < 4.78 is 1.16. The molecule has 0 radical (unpaired) electrons. The predicted molar refractivity (Wildman–Crippen MR) is 83.4 cm³/mol. The monoisotopic (exact) mass is 315 g/mol. The molecule has 1 saturated carbocycles. The van der Waals surface area contributed by atoms with Crippen LogP contribution in [0.2, 0.25) is 0 Å². The number of aromatic nitrogens is 4. The van der Waals surface area contributed by atoms with Crippen molar-refractivity contribution < 1.29 is 4.79 Å². The summed E-state index contributed by atoms with van der Waals surface area (Å²) in [6.45, 7) is 3.23. The number of amides is 1. The first-order valence-electron chi connectivity index (χ1n) is 7.42. The van der Waals surface area contributed by atoms with Gasteiger partial charge in [-0.3, -0.25) is 24.7 Å². The van der Waals surface area contributed by atoms with E-state index in [1.807, 2.05) is 0 Å². The molecule has 23 heavy (non-hydrogen) atoms. The fraction of sp³-hybridized carbons (Fsp3) is 0.400. The van der Waals surface area contributed by atoms with E-state index in [9.17, 15) is 14.4 Å². The first-order valence-corrected chi connectivity index (χ1v) is 7.42. The maximum absolute atomic E-state index is 12.3. The van der Waals surface area contributed by atoms with Gasteiger partial charge in [0.25, 0.3) is 17.0 Å². The molecule has 1 amide bonds. The number of carbonyl (C=O) groups excluding carboxylic acids is 1. The maximum atomic E-state index is 12.3. The van der Waals surface area contributed by atoms with E-state index in [-0.39, 0.29) is 17.1 Å². The summed E-state index contributed by atoms with van der Waals surface area (Å²) in [4.78, 5) is 42.1. The SMILES string of the molecule is Cc1cc(=O)[nH]c(NC(=O)[C@@H](C)n2nc(C3CC3)ccc2=O)n1.